The Labute approximate surface area is 198 Å². The molecule has 0 saturated heterocycles. The first-order valence-corrected chi connectivity index (χ1v) is 11.6. The molecule has 176 valence electrons. The van der Waals surface area contributed by atoms with Crippen molar-refractivity contribution in [3.8, 4) is 17.1 Å². The van der Waals surface area contributed by atoms with E-state index in [-0.39, 0.29) is 17.9 Å². The van der Waals surface area contributed by atoms with Crippen molar-refractivity contribution in [2.75, 3.05) is 14.1 Å². The molecule has 2 atom stereocenters. The fourth-order valence-corrected chi connectivity index (χ4v) is 4.79. The number of hydrogen-bond acceptors (Lipinski definition) is 5. The van der Waals surface area contributed by atoms with Gasteiger partial charge in [0.15, 0.2) is 0 Å². The third-order valence-corrected chi connectivity index (χ3v) is 6.79. The van der Waals surface area contributed by atoms with Crippen LogP contribution in [0, 0.1) is 5.92 Å². The number of benzene rings is 1. The molecule has 34 heavy (non-hydrogen) atoms. The van der Waals surface area contributed by atoms with Crippen molar-refractivity contribution in [1.29, 1.82) is 0 Å². The van der Waals surface area contributed by atoms with Gasteiger partial charge in [0.2, 0.25) is 5.88 Å². The van der Waals surface area contributed by atoms with Crippen LogP contribution in [0.2, 0.25) is 0 Å². The number of aromatic nitrogens is 4. The van der Waals surface area contributed by atoms with Crippen LogP contribution in [0.15, 0.2) is 36.5 Å². The van der Waals surface area contributed by atoms with Crippen molar-refractivity contribution in [1.82, 2.24) is 24.2 Å². The number of hydrogen-bond donors (Lipinski definition) is 0. The van der Waals surface area contributed by atoms with Gasteiger partial charge in [0, 0.05) is 69.6 Å². The third kappa shape index (κ3) is 3.83. The van der Waals surface area contributed by atoms with Gasteiger partial charge in [0.25, 0.3) is 5.91 Å². The molecule has 0 N–H and O–H groups in total. The summed E-state index contributed by atoms with van der Waals surface area (Å²) >= 11 is 0. The maximum Gasteiger partial charge on any atom is 0.269 e. The first kappa shape index (κ1) is 22.1. The number of ketones is 1. The monoisotopic (exact) mass is 459 g/mol. The summed E-state index contributed by atoms with van der Waals surface area (Å²) < 4.78 is 10.0. The summed E-state index contributed by atoms with van der Waals surface area (Å²) in [5.41, 5.74) is 4.05. The van der Waals surface area contributed by atoms with E-state index in [0.29, 0.717) is 30.2 Å². The highest BCUT2D eigenvalue weighted by Crippen LogP contribution is 2.34. The predicted octanol–water partition coefficient (Wildman–Crippen LogP) is 3.97. The molecule has 4 aromatic rings. The standard InChI is InChI=1S/C26H29N5O3/c1-15(16-8-9-19(32)10-16)34-25-20-14-30(4)28-22(20)13-21(27-25)17-6-7-18-12-24(26(33)29(2)3)31(5)23(18)11-17/h6-7,11-16H,8-10H2,1-5H3/t15-,16+/m1/s1. The fourth-order valence-electron chi connectivity index (χ4n) is 4.79. The molecule has 8 heteroatoms. The summed E-state index contributed by atoms with van der Waals surface area (Å²) in [6.07, 6.45) is 3.84. The van der Waals surface area contributed by atoms with Gasteiger partial charge in [-0.15, -0.1) is 0 Å². The summed E-state index contributed by atoms with van der Waals surface area (Å²) in [5.74, 6) is 1.000. The number of ether oxygens (including phenoxy) is 1. The molecule has 1 fully saturated rings. The highest BCUT2D eigenvalue weighted by molar-refractivity contribution is 5.99. The smallest absolute Gasteiger partial charge is 0.269 e. The Morgan fingerprint density at radius 1 is 1.21 bits per heavy atom. The second kappa shape index (κ2) is 8.27. The average molecular weight is 460 g/mol. The topological polar surface area (TPSA) is 82.2 Å². The number of nitrogens with zero attached hydrogens (tertiary/aromatic N) is 5. The largest absolute Gasteiger partial charge is 0.474 e. The van der Waals surface area contributed by atoms with Crippen molar-refractivity contribution in [2.24, 2.45) is 20.0 Å². The lowest BCUT2D eigenvalue weighted by atomic mass is 10.0. The Morgan fingerprint density at radius 3 is 2.71 bits per heavy atom. The molecule has 5 rings (SSSR count). The Bertz CT molecular complexity index is 1430. The van der Waals surface area contributed by atoms with E-state index in [1.807, 2.05) is 62.1 Å². The van der Waals surface area contributed by atoms with Crippen LogP contribution in [0.1, 0.15) is 36.7 Å². The summed E-state index contributed by atoms with van der Waals surface area (Å²) in [6.45, 7) is 2.01. The summed E-state index contributed by atoms with van der Waals surface area (Å²) in [4.78, 5) is 30.8. The van der Waals surface area contributed by atoms with E-state index < -0.39 is 0 Å². The van der Waals surface area contributed by atoms with Crippen molar-refractivity contribution in [2.45, 2.75) is 32.3 Å². The molecule has 1 aromatic carbocycles. The molecule has 1 amide bonds. The molecule has 0 aliphatic heterocycles. The highest BCUT2D eigenvalue weighted by atomic mass is 16.5. The first-order chi connectivity index (χ1) is 16.2. The van der Waals surface area contributed by atoms with Crippen LogP contribution in [0.5, 0.6) is 5.88 Å². The molecule has 1 aliphatic rings. The van der Waals surface area contributed by atoms with Crippen LogP contribution in [0.3, 0.4) is 0 Å². The minimum atomic E-state index is -0.118. The van der Waals surface area contributed by atoms with Gasteiger partial charge in [-0.05, 0) is 31.5 Å². The van der Waals surface area contributed by atoms with Crippen molar-refractivity contribution < 1.29 is 14.3 Å². The van der Waals surface area contributed by atoms with Gasteiger partial charge in [-0.2, -0.15) is 5.10 Å². The molecule has 3 heterocycles. The molecular formula is C26H29N5O3. The van der Waals surface area contributed by atoms with E-state index in [9.17, 15) is 9.59 Å². The van der Waals surface area contributed by atoms with Crippen LogP contribution >= 0.6 is 0 Å². The zero-order valence-corrected chi connectivity index (χ0v) is 20.2. The van der Waals surface area contributed by atoms with Crippen molar-refractivity contribution >= 4 is 33.5 Å². The van der Waals surface area contributed by atoms with E-state index >= 15 is 0 Å². The molecule has 0 spiro atoms. The molecule has 8 nitrogen and oxygen atoms in total. The second-order valence-electron chi connectivity index (χ2n) is 9.47. The number of rotatable bonds is 5. The van der Waals surface area contributed by atoms with Crippen LogP contribution in [-0.4, -0.2) is 56.1 Å². The number of amides is 1. The maximum atomic E-state index is 12.6. The molecule has 0 unspecified atom stereocenters. The van der Waals surface area contributed by atoms with Gasteiger partial charge in [-0.3, -0.25) is 14.3 Å². The molecule has 3 aromatic heterocycles. The normalized spacial score (nSPS) is 17.0. The summed E-state index contributed by atoms with van der Waals surface area (Å²) in [7, 11) is 7.28. The summed E-state index contributed by atoms with van der Waals surface area (Å²) in [6, 6.07) is 9.93. The quantitative estimate of drug-likeness (QED) is 0.451. The van der Waals surface area contributed by atoms with E-state index in [2.05, 4.69) is 5.10 Å². The van der Waals surface area contributed by atoms with Crippen LogP contribution < -0.4 is 4.74 Å². The molecular weight excluding hydrogens is 430 g/mol. The maximum absolute atomic E-state index is 12.6. The Morgan fingerprint density at radius 2 is 2.00 bits per heavy atom. The average Bonchev–Trinajstić information content (AvgIpc) is 3.49. The SMILES string of the molecule is C[C@@H](Oc1nc(-c2ccc3cc(C(=O)N(C)C)n(C)c3c2)cc2nn(C)cc12)[C@H]1CCC(=O)C1. The number of aryl methyl sites for hydroxylation is 2. The van der Waals surface area contributed by atoms with Gasteiger partial charge >= 0.3 is 0 Å². The fraction of sp³-hybridized carbons (Fsp3) is 0.385. The van der Waals surface area contributed by atoms with Crippen LogP contribution in [0.25, 0.3) is 33.1 Å². The molecule has 0 bridgehead atoms. The number of fused-ring (bicyclic) bond motifs is 2. The Kier molecular flexibility index (Phi) is 5.38. The number of carbonyl (C=O) groups excluding carboxylic acids is 2. The second-order valence-corrected chi connectivity index (χ2v) is 9.47. The molecule has 1 aliphatic carbocycles. The van der Waals surface area contributed by atoms with Gasteiger partial charge in [0.1, 0.15) is 17.6 Å². The predicted molar refractivity (Wildman–Crippen MR) is 131 cm³/mol. The minimum absolute atomic E-state index is 0.0386. The Hall–Kier alpha value is -3.68. The van der Waals surface area contributed by atoms with E-state index in [0.717, 1.165) is 39.5 Å². The zero-order chi connectivity index (χ0) is 24.1. The summed E-state index contributed by atoms with van der Waals surface area (Å²) in [5, 5.41) is 6.43. The third-order valence-electron chi connectivity index (χ3n) is 6.79. The molecule has 0 radical (unpaired) electrons. The van der Waals surface area contributed by atoms with E-state index in [1.165, 1.54) is 0 Å². The number of Topliss-reactive ketones (excluding diaryl/α,β-unsaturated/α-hetero) is 1. The van der Waals surface area contributed by atoms with Crippen LogP contribution in [-0.2, 0) is 18.9 Å². The Balaban J connectivity index is 1.56. The van der Waals surface area contributed by atoms with Gasteiger partial charge < -0.3 is 14.2 Å². The van der Waals surface area contributed by atoms with Crippen LogP contribution in [0.4, 0.5) is 0 Å². The number of pyridine rings is 1. The van der Waals surface area contributed by atoms with E-state index in [1.54, 1.807) is 23.7 Å². The van der Waals surface area contributed by atoms with E-state index in [4.69, 9.17) is 9.72 Å². The lowest BCUT2D eigenvalue weighted by molar-refractivity contribution is -0.117. The van der Waals surface area contributed by atoms with Crippen molar-refractivity contribution in [3.05, 3.63) is 42.2 Å². The lowest BCUT2D eigenvalue weighted by Crippen LogP contribution is -2.23. The molecule has 1 saturated carbocycles. The minimum Gasteiger partial charge on any atom is -0.474 e. The first-order valence-electron chi connectivity index (χ1n) is 11.6. The zero-order valence-electron chi connectivity index (χ0n) is 20.2. The van der Waals surface area contributed by atoms with Gasteiger partial charge in [-0.25, -0.2) is 4.98 Å². The van der Waals surface area contributed by atoms with Gasteiger partial charge in [-0.1, -0.05) is 12.1 Å². The highest BCUT2D eigenvalue weighted by Gasteiger charge is 2.29. The van der Waals surface area contributed by atoms with Crippen molar-refractivity contribution in [3.63, 3.8) is 0 Å². The lowest BCUT2D eigenvalue weighted by Gasteiger charge is -2.20. The van der Waals surface area contributed by atoms with Gasteiger partial charge in [0.05, 0.1) is 16.6 Å². The number of carbonyl (C=O) groups is 2.